The van der Waals surface area contributed by atoms with Gasteiger partial charge in [-0.05, 0) is 24.3 Å². The Morgan fingerprint density at radius 1 is 1.00 bits per heavy atom. The Morgan fingerprint density at radius 3 is 1.89 bits per heavy atom. The molecule has 2 aromatic rings. The maximum Gasteiger partial charge on any atom is 0.379 e. The van der Waals surface area contributed by atoms with E-state index in [2.05, 4.69) is 0 Å². The van der Waals surface area contributed by atoms with E-state index in [0.717, 1.165) is 12.1 Å². The zero-order valence-corrected chi connectivity index (χ0v) is 14.5. The molecule has 0 fully saturated rings. The monoisotopic (exact) mass is 424 g/mol. The van der Waals surface area contributed by atoms with Crippen LogP contribution >= 0.6 is 0 Å². The molecule has 0 amide bonds. The number of hydrogen-bond donors (Lipinski definition) is 1. The SMILES string of the molecule is COc1ccc(NS(=O)(=O)C(=Cc2c(F)c(F)c(F)c(F)c2F)[N+](=O)[O-])cc1. The van der Waals surface area contributed by atoms with Gasteiger partial charge in [-0.15, -0.1) is 0 Å². The van der Waals surface area contributed by atoms with E-state index >= 15 is 0 Å². The summed E-state index contributed by atoms with van der Waals surface area (Å²) in [7, 11) is -3.73. The lowest BCUT2D eigenvalue weighted by Gasteiger charge is -2.08. The van der Waals surface area contributed by atoms with Crippen LogP contribution in [0, 0.1) is 39.2 Å². The topological polar surface area (TPSA) is 98.5 Å². The zero-order valence-electron chi connectivity index (χ0n) is 13.7. The first-order chi connectivity index (χ1) is 13.0. The molecule has 0 heterocycles. The van der Waals surface area contributed by atoms with E-state index in [1.54, 1.807) is 4.72 Å². The van der Waals surface area contributed by atoms with Crippen LogP contribution in [0.3, 0.4) is 0 Å². The van der Waals surface area contributed by atoms with Crippen LogP contribution in [-0.4, -0.2) is 20.5 Å². The van der Waals surface area contributed by atoms with Crippen LogP contribution in [0.4, 0.5) is 27.6 Å². The third-order valence-corrected chi connectivity index (χ3v) is 4.63. The van der Waals surface area contributed by atoms with Crippen LogP contribution < -0.4 is 9.46 Å². The van der Waals surface area contributed by atoms with Crippen LogP contribution in [0.5, 0.6) is 5.75 Å². The van der Waals surface area contributed by atoms with E-state index in [9.17, 15) is 40.5 Å². The number of ether oxygens (including phenoxy) is 1. The minimum Gasteiger partial charge on any atom is -0.497 e. The molecule has 28 heavy (non-hydrogen) atoms. The number of nitrogens with zero attached hydrogens (tertiary/aromatic N) is 1. The largest absolute Gasteiger partial charge is 0.497 e. The third-order valence-electron chi connectivity index (χ3n) is 3.31. The van der Waals surface area contributed by atoms with Crippen LogP contribution in [0.1, 0.15) is 5.56 Å². The highest BCUT2D eigenvalue weighted by atomic mass is 32.2. The minimum atomic E-state index is -5.06. The van der Waals surface area contributed by atoms with Crippen molar-refractivity contribution in [2.75, 3.05) is 11.8 Å². The Hall–Kier alpha value is -3.22. The predicted molar refractivity (Wildman–Crippen MR) is 86.7 cm³/mol. The molecule has 0 aliphatic rings. The van der Waals surface area contributed by atoms with Crippen molar-refractivity contribution in [3.05, 3.63) is 74.1 Å². The summed E-state index contributed by atoms with van der Waals surface area (Å²) in [6.45, 7) is 0. The lowest BCUT2D eigenvalue weighted by atomic mass is 10.1. The van der Waals surface area contributed by atoms with Gasteiger partial charge < -0.3 is 4.74 Å². The molecule has 0 aliphatic carbocycles. The van der Waals surface area contributed by atoms with Crippen LogP contribution in [-0.2, 0) is 10.0 Å². The molecular formula is C15H9F5N2O5S. The number of sulfonamides is 1. The number of nitrogens with one attached hydrogen (secondary N) is 1. The van der Waals surface area contributed by atoms with Crippen molar-refractivity contribution < 1.29 is 40.0 Å². The zero-order chi connectivity index (χ0) is 21.2. The molecule has 0 bridgehead atoms. The summed E-state index contributed by atoms with van der Waals surface area (Å²) in [4.78, 5) is 9.54. The smallest absolute Gasteiger partial charge is 0.379 e. The van der Waals surface area contributed by atoms with Crippen molar-refractivity contribution in [1.29, 1.82) is 0 Å². The Balaban J connectivity index is 2.57. The maximum atomic E-state index is 13.7. The summed E-state index contributed by atoms with van der Waals surface area (Å²) < 4.78 is 97.9. The molecule has 0 saturated heterocycles. The lowest BCUT2D eigenvalue weighted by molar-refractivity contribution is -0.410. The Labute approximate surface area is 154 Å². The summed E-state index contributed by atoms with van der Waals surface area (Å²) in [6, 6.07) is 4.92. The molecule has 0 spiro atoms. The quantitative estimate of drug-likeness (QED) is 0.252. The molecule has 150 valence electrons. The summed E-state index contributed by atoms with van der Waals surface area (Å²) in [5.74, 6) is -11.8. The van der Waals surface area contributed by atoms with Gasteiger partial charge in [-0.2, -0.15) is 8.42 Å². The first-order valence-corrected chi connectivity index (χ1v) is 8.52. The highest BCUT2D eigenvalue weighted by molar-refractivity contribution is 7.96. The normalized spacial score (nSPS) is 12.0. The number of nitro groups is 1. The maximum absolute atomic E-state index is 13.7. The molecule has 1 N–H and O–H groups in total. The molecule has 13 heteroatoms. The third kappa shape index (κ3) is 4.03. The summed E-state index contributed by atoms with van der Waals surface area (Å²) in [5.41, 5.74) is -1.96. The van der Waals surface area contributed by atoms with Crippen molar-refractivity contribution >= 4 is 21.8 Å². The molecule has 0 radical (unpaired) electrons. The minimum absolute atomic E-state index is 0.189. The second-order valence-electron chi connectivity index (χ2n) is 5.06. The van der Waals surface area contributed by atoms with Gasteiger partial charge >= 0.3 is 15.1 Å². The number of hydrogen-bond acceptors (Lipinski definition) is 5. The fourth-order valence-electron chi connectivity index (χ4n) is 1.97. The Kier molecular flexibility index (Phi) is 5.87. The van der Waals surface area contributed by atoms with Crippen LogP contribution in [0.25, 0.3) is 6.08 Å². The molecule has 0 unspecified atom stereocenters. The number of methoxy groups -OCH3 is 1. The average molecular weight is 424 g/mol. The van der Waals surface area contributed by atoms with Crippen molar-refractivity contribution in [2.45, 2.75) is 0 Å². The van der Waals surface area contributed by atoms with Gasteiger partial charge in [0.2, 0.25) is 5.82 Å². The van der Waals surface area contributed by atoms with Gasteiger partial charge in [0.05, 0.1) is 17.6 Å². The standard InChI is InChI=1S/C15H9F5N2O5S/c1-27-8-4-2-7(3-5-8)21-28(25,26)10(22(23)24)6-9-11(16)13(18)15(20)14(19)12(9)17/h2-6,21H,1H3. The van der Waals surface area contributed by atoms with Gasteiger partial charge in [0.15, 0.2) is 23.3 Å². The molecule has 7 nitrogen and oxygen atoms in total. The summed E-state index contributed by atoms with van der Waals surface area (Å²) in [6.07, 6.45) is -0.262. The van der Waals surface area contributed by atoms with E-state index in [1.807, 2.05) is 0 Å². The van der Waals surface area contributed by atoms with E-state index < -0.39 is 54.6 Å². The van der Waals surface area contributed by atoms with Crippen molar-refractivity contribution in [2.24, 2.45) is 0 Å². The first kappa shape index (κ1) is 21.1. The Bertz CT molecular complexity index is 1040. The van der Waals surface area contributed by atoms with E-state index in [-0.39, 0.29) is 11.8 Å². The van der Waals surface area contributed by atoms with E-state index in [0.29, 0.717) is 5.75 Å². The summed E-state index contributed by atoms with van der Waals surface area (Å²) >= 11 is 0. The molecule has 2 rings (SSSR count). The van der Waals surface area contributed by atoms with Crippen molar-refractivity contribution in [1.82, 2.24) is 0 Å². The molecule has 0 aliphatic heterocycles. The van der Waals surface area contributed by atoms with E-state index in [1.165, 1.54) is 19.2 Å². The highest BCUT2D eigenvalue weighted by Crippen LogP contribution is 2.27. The highest BCUT2D eigenvalue weighted by Gasteiger charge is 2.33. The van der Waals surface area contributed by atoms with Gasteiger partial charge in [-0.1, -0.05) is 0 Å². The van der Waals surface area contributed by atoms with Gasteiger partial charge in [0, 0.05) is 11.8 Å². The summed E-state index contributed by atoms with van der Waals surface area (Å²) in [5, 5.41) is 9.25. The second kappa shape index (κ2) is 7.80. The molecule has 0 aromatic heterocycles. The van der Waals surface area contributed by atoms with Crippen molar-refractivity contribution in [3.63, 3.8) is 0 Å². The second-order valence-corrected chi connectivity index (χ2v) is 6.69. The van der Waals surface area contributed by atoms with Crippen LogP contribution in [0.2, 0.25) is 0 Å². The predicted octanol–water partition coefficient (Wildman–Crippen LogP) is 3.41. The number of benzene rings is 2. The van der Waals surface area contributed by atoms with Crippen LogP contribution in [0.15, 0.2) is 29.3 Å². The van der Waals surface area contributed by atoms with Crippen molar-refractivity contribution in [3.8, 4) is 5.75 Å². The lowest BCUT2D eigenvalue weighted by Crippen LogP contribution is -2.20. The van der Waals surface area contributed by atoms with Gasteiger partial charge in [0.25, 0.3) is 0 Å². The Morgan fingerprint density at radius 2 is 1.46 bits per heavy atom. The van der Waals surface area contributed by atoms with Gasteiger partial charge in [0.1, 0.15) is 5.75 Å². The fraction of sp³-hybridized carbons (Fsp3) is 0.0667. The van der Waals surface area contributed by atoms with E-state index in [4.69, 9.17) is 4.74 Å². The molecular weight excluding hydrogens is 415 g/mol. The number of anilines is 1. The van der Waals surface area contributed by atoms with Gasteiger partial charge in [-0.3, -0.25) is 14.8 Å². The average Bonchev–Trinajstić information content (AvgIpc) is 2.64. The molecule has 0 atom stereocenters. The first-order valence-electron chi connectivity index (χ1n) is 7.04. The fourth-order valence-corrected chi connectivity index (χ4v) is 2.99. The molecule has 0 saturated carbocycles. The number of rotatable bonds is 6. The number of halogens is 5. The molecule has 2 aromatic carbocycles. The van der Waals surface area contributed by atoms with Gasteiger partial charge in [-0.25, -0.2) is 22.0 Å².